The van der Waals surface area contributed by atoms with Crippen molar-refractivity contribution in [3.05, 3.63) is 0 Å². The molecule has 17 heavy (non-hydrogen) atoms. The molecule has 0 aliphatic rings. The summed E-state index contributed by atoms with van der Waals surface area (Å²) in [6, 6.07) is 0. The average molecular weight is 249 g/mol. The van der Waals surface area contributed by atoms with Crippen molar-refractivity contribution >= 4 is 0 Å². The summed E-state index contributed by atoms with van der Waals surface area (Å²) in [5.41, 5.74) is 0. The van der Waals surface area contributed by atoms with Crippen molar-refractivity contribution < 1.29 is 18.9 Å². The Kier molecular flexibility index (Phi) is 13.7. The van der Waals surface area contributed by atoms with Crippen LogP contribution in [0.15, 0.2) is 0 Å². The van der Waals surface area contributed by atoms with E-state index in [1.807, 2.05) is 13.8 Å². The lowest BCUT2D eigenvalue weighted by Gasteiger charge is -2.09. The van der Waals surface area contributed by atoms with Crippen LogP contribution in [0.2, 0.25) is 0 Å². The second kappa shape index (κ2) is 13.9. The fraction of sp³-hybridized carbons (Fsp3) is 1.00. The molecule has 0 unspecified atom stereocenters. The molecule has 0 aromatic rings. The number of hydrogen-bond acceptors (Lipinski definition) is 5. The molecule has 5 heteroatoms. The quantitative estimate of drug-likeness (QED) is 0.486. The van der Waals surface area contributed by atoms with Crippen LogP contribution in [0.5, 0.6) is 0 Å². The summed E-state index contributed by atoms with van der Waals surface area (Å²) in [4.78, 5) is 0. The fourth-order valence-corrected chi connectivity index (χ4v) is 1.10. The average Bonchev–Trinajstić information content (AvgIpc) is 2.30. The number of nitrogens with one attached hydrogen (secondary N) is 1. The van der Waals surface area contributed by atoms with Crippen molar-refractivity contribution in [3.8, 4) is 0 Å². The number of ether oxygens (including phenoxy) is 4. The van der Waals surface area contributed by atoms with Gasteiger partial charge in [0.25, 0.3) is 0 Å². The summed E-state index contributed by atoms with van der Waals surface area (Å²) in [7, 11) is 1.66. The third kappa shape index (κ3) is 15.8. The van der Waals surface area contributed by atoms with Gasteiger partial charge in [0, 0.05) is 20.2 Å². The molecular weight excluding hydrogens is 222 g/mol. The van der Waals surface area contributed by atoms with E-state index in [4.69, 9.17) is 18.9 Å². The monoisotopic (exact) mass is 249 g/mol. The van der Waals surface area contributed by atoms with Crippen molar-refractivity contribution in [2.45, 2.75) is 20.0 Å². The molecule has 0 aliphatic heterocycles. The smallest absolute Gasteiger partial charge is 0.0701 e. The summed E-state index contributed by atoms with van der Waals surface area (Å²) in [5, 5.41) is 3.24. The standard InChI is InChI=1S/C12H27NO4/c1-12(2)17-7-5-13-4-6-15-10-11-16-9-8-14-3/h12-13H,4-11H2,1-3H3. The van der Waals surface area contributed by atoms with Crippen LogP contribution in [0.3, 0.4) is 0 Å². The van der Waals surface area contributed by atoms with Crippen LogP contribution < -0.4 is 5.32 Å². The van der Waals surface area contributed by atoms with Crippen LogP contribution in [0, 0.1) is 0 Å². The first-order valence-electron chi connectivity index (χ1n) is 6.24. The second-order valence-electron chi connectivity index (χ2n) is 3.89. The van der Waals surface area contributed by atoms with Gasteiger partial charge < -0.3 is 24.3 Å². The second-order valence-corrected chi connectivity index (χ2v) is 3.89. The molecule has 0 aromatic heterocycles. The number of hydrogen-bond donors (Lipinski definition) is 1. The zero-order chi connectivity index (χ0) is 12.8. The van der Waals surface area contributed by atoms with E-state index >= 15 is 0 Å². The predicted octanol–water partition coefficient (Wildman–Crippen LogP) is 0.681. The predicted molar refractivity (Wildman–Crippen MR) is 67.5 cm³/mol. The summed E-state index contributed by atoms with van der Waals surface area (Å²) in [6.07, 6.45) is 0.303. The Morgan fingerprint density at radius 1 is 0.824 bits per heavy atom. The zero-order valence-electron chi connectivity index (χ0n) is 11.4. The van der Waals surface area contributed by atoms with Crippen molar-refractivity contribution in [3.63, 3.8) is 0 Å². The Bertz CT molecular complexity index is 144. The molecule has 0 radical (unpaired) electrons. The molecule has 5 nitrogen and oxygen atoms in total. The molecule has 0 aromatic carbocycles. The molecule has 0 bridgehead atoms. The van der Waals surface area contributed by atoms with Crippen LogP contribution in [0.4, 0.5) is 0 Å². The minimum atomic E-state index is 0.303. The van der Waals surface area contributed by atoms with Gasteiger partial charge in [-0.15, -0.1) is 0 Å². The molecule has 0 heterocycles. The van der Waals surface area contributed by atoms with Crippen molar-refractivity contribution in [1.82, 2.24) is 5.32 Å². The third-order valence-corrected chi connectivity index (χ3v) is 1.96. The molecule has 0 atom stereocenters. The Labute approximate surface area is 105 Å². The molecule has 0 saturated carbocycles. The molecule has 0 amide bonds. The van der Waals surface area contributed by atoms with Crippen LogP contribution in [0.1, 0.15) is 13.8 Å². The van der Waals surface area contributed by atoms with Gasteiger partial charge in [0.2, 0.25) is 0 Å². The SMILES string of the molecule is COCCOCCOCCNCCOC(C)C. The van der Waals surface area contributed by atoms with Gasteiger partial charge in [-0.2, -0.15) is 0 Å². The first kappa shape index (κ1) is 16.8. The molecule has 1 N–H and O–H groups in total. The molecule has 0 saturated heterocycles. The van der Waals surface area contributed by atoms with E-state index in [-0.39, 0.29) is 0 Å². The lowest BCUT2D eigenvalue weighted by molar-refractivity contribution is 0.0249. The first-order valence-corrected chi connectivity index (χ1v) is 6.24. The van der Waals surface area contributed by atoms with E-state index < -0.39 is 0 Å². The highest BCUT2D eigenvalue weighted by molar-refractivity contribution is 4.46. The third-order valence-electron chi connectivity index (χ3n) is 1.96. The van der Waals surface area contributed by atoms with Crippen LogP contribution in [-0.2, 0) is 18.9 Å². The number of rotatable bonds is 13. The first-order chi connectivity index (χ1) is 8.27. The Morgan fingerprint density at radius 3 is 2.06 bits per heavy atom. The van der Waals surface area contributed by atoms with E-state index in [9.17, 15) is 0 Å². The van der Waals surface area contributed by atoms with Crippen molar-refractivity contribution in [2.24, 2.45) is 0 Å². The van der Waals surface area contributed by atoms with Gasteiger partial charge in [0.1, 0.15) is 0 Å². The van der Waals surface area contributed by atoms with Crippen LogP contribution >= 0.6 is 0 Å². The van der Waals surface area contributed by atoms with Gasteiger partial charge in [-0.05, 0) is 13.8 Å². The normalized spacial score (nSPS) is 11.3. The van der Waals surface area contributed by atoms with Gasteiger partial charge >= 0.3 is 0 Å². The van der Waals surface area contributed by atoms with Gasteiger partial charge in [-0.1, -0.05) is 0 Å². The Morgan fingerprint density at radius 2 is 1.41 bits per heavy atom. The molecular formula is C12H27NO4. The van der Waals surface area contributed by atoms with Gasteiger partial charge in [-0.25, -0.2) is 0 Å². The van der Waals surface area contributed by atoms with E-state index in [0.717, 1.165) is 19.7 Å². The molecule has 0 rings (SSSR count). The van der Waals surface area contributed by atoms with Gasteiger partial charge in [-0.3, -0.25) is 0 Å². The highest BCUT2D eigenvalue weighted by atomic mass is 16.5. The summed E-state index contributed by atoms with van der Waals surface area (Å²) in [6.45, 7) is 9.76. The van der Waals surface area contributed by atoms with Crippen LogP contribution in [-0.4, -0.2) is 65.9 Å². The fourth-order valence-electron chi connectivity index (χ4n) is 1.10. The Balaban J connectivity index is 2.89. The lowest BCUT2D eigenvalue weighted by atomic mass is 10.5. The maximum absolute atomic E-state index is 5.39. The van der Waals surface area contributed by atoms with Gasteiger partial charge in [0.05, 0.1) is 45.7 Å². The summed E-state index contributed by atoms with van der Waals surface area (Å²) < 4.78 is 20.9. The van der Waals surface area contributed by atoms with Gasteiger partial charge in [0.15, 0.2) is 0 Å². The Hall–Kier alpha value is -0.200. The summed E-state index contributed by atoms with van der Waals surface area (Å²) in [5.74, 6) is 0. The van der Waals surface area contributed by atoms with Crippen LogP contribution in [0.25, 0.3) is 0 Å². The minimum Gasteiger partial charge on any atom is -0.382 e. The zero-order valence-corrected chi connectivity index (χ0v) is 11.4. The highest BCUT2D eigenvalue weighted by Crippen LogP contribution is 1.84. The lowest BCUT2D eigenvalue weighted by Crippen LogP contribution is -2.25. The maximum Gasteiger partial charge on any atom is 0.0701 e. The highest BCUT2D eigenvalue weighted by Gasteiger charge is 1.93. The molecule has 0 spiro atoms. The van der Waals surface area contributed by atoms with Crippen molar-refractivity contribution in [1.29, 1.82) is 0 Å². The van der Waals surface area contributed by atoms with E-state index in [1.54, 1.807) is 7.11 Å². The summed E-state index contributed by atoms with van der Waals surface area (Å²) >= 11 is 0. The van der Waals surface area contributed by atoms with E-state index in [1.165, 1.54) is 0 Å². The minimum absolute atomic E-state index is 0.303. The molecule has 104 valence electrons. The van der Waals surface area contributed by atoms with Crippen molar-refractivity contribution in [2.75, 3.05) is 59.8 Å². The molecule has 0 fully saturated rings. The van der Waals surface area contributed by atoms with E-state index in [0.29, 0.717) is 39.1 Å². The largest absolute Gasteiger partial charge is 0.382 e. The van der Waals surface area contributed by atoms with E-state index in [2.05, 4.69) is 5.32 Å². The maximum atomic E-state index is 5.39. The molecule has 0 aliphatic carbocycles. The number of methoxy groups -OCH3 is 1. The topological polar surface area (TPSA) is 49.0 Å².